The topological polar surface area (TPSA) is 49.4 Å². The SMILES string of the molecule is O=C(NCCCC(=O)N1CCc2sccc2C1c1cccs1)c1ccccc1. The lowest BCUT2D eigenvalue weighted by Crippen LogP contribution is -2.40. The molecule has 1 atom stereocenters. The van der Waals surface area contributed by atoms with Crippen molar-refractivity contribution < 1.29 is 9.59 Å². The lowest BCUT2D eigenvalue weighted by Gasteiger charge is -2.35. The molecule has 1 aliphatic rings. The van der Waals surface area contributed by atoms with Gasteiger partial charge in [-0.15, -0.1) is 22.7 Å². The maximum absolute atomic E-state index is 13.0. The van der Waals surface area contributed by atoms with Crippen LogP contribution in [0.3, 0.4) is 0 Å². The molecule has 0 bridgehead atoms. The Morgan fingerprint density at radius 3 is 2.68 bits per heavy atom. The van der Waals surface area contributed by atoms with Crippen molar-refractivity contribution >= 4 is 34.5 Å². The van der Waals surface area contributed by atoms with Crippen LogP contribution >= 0.6 is 22.7 Å². The van der Waals surface area contributed by atoms with Gasteiger partial charge in [0.15, 0.2) is 0 Å². The van der Waals surface area contributed by atoms with E-state index in [-0.39, 0.29) is 17.9 Å². The molecule has 2 amide bonds. The van der Waals surface area contributed by atoms with Gasteiger partial charge in [0.1, 0.15) is 0 Å². The molecular weight excluding hydrogens is 388 g/mol. The predicted molar refractivity (Wildman–Crippen MR) is 114 cm³/mol. The molecule has 1 aliphatic heterocycles. The van der Waals surface area contributed by atoms with Gasteiger partial charge in [-0.2, -0.15) is 0 Å². The summed E-state index contributed by atoms with van der Waals surface area (Å²) in [5.41, 5.74) is 1.91. The maximum atomic E-state index is 13.0. The van der Waals surface area contributed by atoms with Gasteiger partial charge >= 0.3 is 0 Å². The van der Waals surface area contributed by atoms with Crippen molar-refractivity contribution in [2.24, 2.45) is 0 Å². The highest BCUT2D eigenvalue weighted by Crippen LogP contribution is 2.39. The standard InChI is InChI=1S/C22H22N2O2S2/c25-20(9-4-12-23-22(26)16-6-2-1-3-7-16)24-13-10-18-17(11-15-28-18)21(24)19-8-5-14-27-19/h1-3,5-8,11,14-15,21H,4,9-10,12-13H2,(H,23,26). The third kappa shape index (κ3) is 4.03. The van der Waals surface area contributed by atoms with Crippen LogP contribution in [0.1, 0.15) is 44.6 Å². The van der Waals surface area contributed by atoms with E-state index in [4.69, 9.17) is 0 Å². The summed E-state index contributed by atoms with van der Waals surface area (Å²) in [6.45, 7) is 1.26. The summed E-state index contributed by atoms with van der Waals surface area (Å²) in [4.78, 5) is 29.7. The van der Waals surface area contributed by atoms with Crippen LogP contribution in [0.25, 0.3) is 0 Å². The molecule has 1 aromatic carbocycles. The molecule has 2 aromatic heterocycles. The van der Waals surface area contributed by atoms with Crippen molar-refractivity contribution in [1.82, 2.24) is 10.2 Å². The number of carbonyl (C=O) groups is 2. The summed E-state index contributed by atoms with van der Waals surface area (Å²) in [5.74, 6) is 0.0645. The third-order valence-corrected chi connectivity index (χ3v) is 6.91. The number of rotatable bonds is 6. The Kier molecular flexibility index (Phi) is 5.88. The number of nitrogens with zero attached hydrogens (tertiary/aromatic N) is 1. The first-order chi connectivity index (χ1) is 13.7. The van der Waals surface area contributed by atoms with Crippen LogP contribution in [-0.2, 0) is 11.2 Å². The molecule has 0 saturated carbocycles. The Labute approximate surface area is 172 Å². The van der Waals surface area contributed by atoms with E-state index < -0.39 is 0 Å². The number of hydrogen-bond acceptors (Lipinski definition) is 4. The highest BCUT2D eigenvalue weighted by Gasteiger charge is 2.32. The molecule has 0 radical (unpaired) electrons. The predicted octanol–water partition coefficient (Wildman–Crippen LogP) is 4.49. The van der Waals surface area contributed by atoms with E-state index in [0.717, 1.165) is 13.0 Å². The number of carbonyl (C=O) groups excluding carboxylic acids is 2. The molecular formula is C22H22N2O2S2. The summed E-state index contributed by atoms with van der Waals surface area (Å²) in [5, 5.41) is 7.09. The molecule has 0 spiro atoms. The van der Waals surface area contributed by atoms with Crippen LogP contribution in [-0.4, -0.2) is 29.8 Å². The quantitative estimate of drug-likeness (QED) is 0.609. The normalized spacial score (nSPS) is 15.9. The third-order valence-electron chi connectivity index (χ3n) is 4.99. The first-order valence-electron chi connectivity index (χ1n) is 9.46. The average molecular weight is 411 g/mol. The van der Waals surface area contributed by atoms with E-state index in [1.54, 1.807) is 34.8 Å². The number of thiophene rings is 2. The minimum absolute atomic E-state index is 0.0291. The van der Waals surface area contributed by atoms with Crippen LogP contribution in [0.2, 0.25) is 0 Å². The molecule has 6 heteroatoms. The summed E-state index contributed by atoms with van der Waals surface area (Å²) in [6, 6.07) is 15.5. The van der Waals surface area contributed by atoms with Gasteiger partial charge in [-0.1, -0.05) is 24.3 Å². The second kappa shape index (κ2) is 8.71. The Hall–Kier alpha value is -2.44. The lowest BCUT2D eigenvalue weighted by atomic mass is 9.98. The second-order valence-corrected chi connectivity index (χ2v) is 8.76. The fraction of sp³-hybridized carbons (Fsp3) is 0.273. The van der Waals surface area contributed by atoms with Gasteiger partial charge < -0.3 is 10.2 Å². The van der Waals surface area contributed by atoms with Crippen LogP contribution in [0.5, 0.6) is 0 Å². The van der Waals surface area contributed by atoms with Crippen molar-refractivity contribution in [1.29, 1.82) is 0 Å². The highest BCUT2D eigenvalue weighted by molar-refractivity contribution is 7.10. The molecule has 28 heavy (non-hydrogen) atoms. The minimum Gasteiger partial charge on any atom is -0.352 e. The first kappa shape index (κ1) is 18.9. The average Bonchev–Trinajstić information content (AvgIpc) is 3.42. The van der Waals surface area contributed by atoms with Gasteiger partial charge in [-0.05, 0) is 53.4 Å². The lowest BCUT2D eigenvalue weighted by molar-refractivity contribution is -0.133. The van der Waals surface area contributed by atoms with Gasteiger partial charge in [-0.3, -0.25) is 9.59 Å². The number of fused-ring (bicyclic) bond motifs is 1. The summed E-state index contributed by atoms with van der Waals surface area (Å²) < 4.78 is 0. The van der Waals surface area contributed by atoms with Gasteiger partial charge in [0.05, 0.1) is 6.04 Å². The van der Waals surface area contributed by atoms with Gasteiger partial charge in [-0.25, -0.2) is 0 Å². The number of nitrogens with one attached hydrogen (secondary N) is 1. The molecule has 0 aliphatic carbocycles. The van der Waals surface area contributed by atoms with E-state index in [2.05, 4.69) is 28.2 Å². The molecule has 144 valence electrons. The van der Waals surface area contributed by atoms with Crippen molar-refractivity contribution in [3.05, 3.63) is 80.2 Å². The number of amides is 2. The maximum Gasteiger partial charge on any atom is 0.251 e. The van der Waals surface area contributed by atoms with Crippen LogP contribution in [0.4, 0.5) is 0 Å². The zero-order valence-corrected chi connectivity index (χ0v) is 17.1. The van der Waals surface area contributed by atoms with E-state index >= 15 is 0 Å². The van der Waals surface area contributed by atoms with Gasteiger partial charge in [0.25, 0.3) is 5.91 Å². The largest absolute Gasteiger partial charge is 0.352 e. The smallest absolute Gasteiger partial charge is 0.251 e. The Bertz CT molecular complexity index is 935. The van der Waals surface area contributed by atoms with E-state index in [9.17, 15) is 9.59 Å². The molecule has 4 rings (SSSR count). The van der Waals surface area contributed by atoms with E-state index in [1.165, 1.54) is 15.3 Å². The molecule has 3 aromatic rings. The molecule has 3 heterocycles. The summed E-state index contributed by atoms with van der Waals surface area (Å²) >= 11 is 3.48. The monoisotopic (exact) mass is 410 g/mol. The Balaban J connectivity index is 1.36. The van der Waals surface area contributed by atoms with Crippen molar-refractivity contribution in [2.45, 2.75) is 25.3 Å². The Morgan fingerprint density at radius 1 is 1.04 bits per heavy atom. The summed E-state index contributed by atoms with van der Waals surface area (Å²) in [6.07, 6.45) is 2.00. The Morgan fingerprint density at radius 2 is 1.89 bits per heavy atom. The van der Waals surface area contributed by atoms with Crippen LogP contribution in [0.15, 0.2) is 59.3 Å². The van der Waals surface area contributed by atoms with Crippen LogP contribution in [0, 0.1) is 0 Å². The van der Waals surface area contributed by atoms with Gasteiger partial charge in [0.2, 0.25) is 5.91 Å². The van der Waals surface area contributed by atoms with E-state index in [0.29, 0.717) is 24.9 Å². The molecule has 1 N–H and O–H groups in total. The van der Waals surface area contributed by atoms with Gasteiger partial charge in [0, 0.05) is 34.8 Å². The first-order valence-corrected chi connectivity index (χ1v) is 11.2. The van der Waals surface area contributed by atoms with Crippen molar-refractivity contribution in [2.75, 3.05) is 13.1 Å². The molecule has 4 nitrogen and oxygen atoms in total. The second-order valence-electron chi connectivity index (χ2n) is 6.78. The molecule has 1 unspecified atom stereocenters. The molecule has 0 fully saturated rings. The fourth-order valence-corrected chi connectivity index (χ4v) is 5.37. The molecule has 0 saturated heterocycles. The van der Waals surface area contributed by atoms with Crippen molar-refractivity contribution in [3.63, 3.8) is 0 Å². The number of hydrogen-bond donors (Lipinski definition) is 1. The number of benzene rings is 1. The minimum atomic E-state index is -0.0922. The highest BCUT2D eigenvalue weighted by atomic mass is 32.1. The van der Waals surface area contributed by atoms with E-state index in [1.807, 2.05) is 29.2 Å². The fourth-order valence-electron chi connectivity index (χ4n) is 3.62. The zero-order chi connectivity index (χ0) is 19.3. The van der Waals surface area contributed by atoms with Crippen molar-refractivity contribution in [3.8, 4) is 0 Å². The zero-order valence-electron chi connectivity index (χ0n) is 15.5. The van der Waals surface area contributed by atoms with Crippen LogP contribution < -0.4 is 5.32 Å². The summed E-state index contributed by atoms with van der Waals surface area (Å²) in [7, 11) is 0.